The quantitative estimate of drug-likeness (QED) is 0.600. The molecule has 2 aromatic heterocycles. The van der Waals surface area contributed by atoms with Crippen molar-refractivity contribution in [1.29, 1.82) is 0 Å². The first-order valence-electron chi connectivity index (χ1n) is 8.32. The molecule has 0 aliphatic heterocycles. The van der Waals surface area contributed by atoms with Crippen molar-refractivity contribution in [2.24, 2.45) is 0 Å². The van der Waals surface area contributed by atoms with Gasteiger partial charge in [0.15, 0.2) is 0 Å². The summed E-state index contributed by atoms with van der Waals surface area (Å²) in [5.41, 5.74) is 2.53. The molecule has 0 fully saturated rings. The van der Waals surface area contributed by atoms with Crippen molar-refractivity contribution >= 4 is 46.1 Å². The van der Waals surface area contributed by atoms with E-state index in [1.165, 1.54) is 11.3 Å². The molecule has 8 heteroatoms. The first-order valence-corrected chi connectivity index (χ1v) is 10.5. The molecule has 140 valence electrons. The molecule has 0 unspecified atom stereocenters. The summed E-state index contributed by atoms with van der Waals surface area (Å²) in [4.78, 5) is 29.5. The second kappa shape index (κ2) is 9.12. The molecular weight excluding hydrogens is 402 g/mol. The largest absolute Gasteiger partial charge is 0.351 e. The van der Waals surface area contributed by atoms with Gasteiger partial charge >= 0.3 is 0 Å². The zero-order chi connectivity index (χ0) is 19.2. The summed E-state index contributed by atoms with van der Waals surface area (Å²) >= 11 is 8.95. The van der Waals surface area contributed by atoms with Gasteiger partial charge in [0, 0.05) is 39.4 Å². The molecule has 0 aliphatic carbocycles. The fourth-order valence-corrected chi connectivity index (χ4v) is 4.11. The molecule has 2 heterocycles. The zero-order valence-corrected chi connectivity index (χ0v) is 17.0. The highest BCUT2D eigenvalue weighted by atomic mass is 35.5. The molecule has 2 amide bonds. The number of nitrogens with zero attached hydrogens (tertiary/aromatic N) is 1. The second-order valence-corrected chi connectivity index (χ2v) is 8.32. The maximum atomic E-state index is 12.0. The van der Waals surface area contributed by atoms with E-state index in [-0.39, 0.29) is 18.2 Å². The number of nitrogens with one attached hydrogen (secondary N) is 2. The summed E-state index contributed by atoms with van der Waals surface area (Å²) in [6.45, 7) is 2.68. The van der Waals surface area contributed by atoms with E-state index in [1.54, 1.807) is 22.8 Å². The van der Waals surface area contributed by atoms with E-state index in [2.05, 4.69) is 15.6 Å². The highest BCUT2D eigenvalue weighted by Gasteiger charge is 2.11. The first kappa shape index (κ1) is 19.5. The van der Waals surface area contributed by atoms with Crippen molar-refractivity contribution in [2.75, 3.05) is 6.54 Å². The lowest BCUT2D eigenvalue weighted by molar-refractivity contribution is -0.121. The summed E-state index contributed by atoms with van der Waals surface area (Å²) in [6, 6.07) is 9.29. The second-order valence-electron chi connectivity index (χ2n) is 5.81. The van der Waals surface area contributed by atoms with Gasteiger partial charge in [-0.3, -0.25) is 9.59 Å². The lowest BCUT2D eigenvalue weighted by atomic mass is 10.1. The van der Waals surface area contributed by atoms with Gasteiger partial charge in [-0.25, -0.2) is 4.98 Å². The van der Waals surface area contributed by atoms with Crippen LogP contribution in [0.25, 0.3) is 11.3 Å². The Bertz CT molecular complexity index is 921. The van der Waals surface area contributed by atoms with E-state index >= 15 is 0 Å². The molecule has 27 heavy (non-hydrogen) atoms. The van der Waals surface area contributed by atoms with Crippen LogP contribution in [0.5, 0.6) is 0 Å². The first-order chi connectivity index (χ1) is 13.0. The van der Waals surface area contributed by atoms with Gasteiger partial charge in [0.1, 0.15) is 5.01 Å². The third kappa shape index (κ3) is 5.38. The molecule has 0 saturated carbocycles. The normalized spacial score (nSPS) is 10.6. The van der Waals surface area contributed by atoms with Gasteiger partial charge in [-0.05, 0) is 30.5 Å². The maximum absolute atomic E-state index is 12.0. The van der Waals surface area contributed by atoms with Crippen molar-refractivity contribution in [3.63, 3.8) is 0 Å². The molecule has 0 radical (unpaired) electrons. The molecule has 0 bridgehead atoms. The van der Waals surface area contributed by atoms with Crippen LogP contribution in [0.15, 0.2) is 41.1 Å². The SMILES string of the molecule is Cc1sc(CNC(=O)CCNC(=O)c2ccsc2)nc1-c1ccc(Cl)cc1. The Morgan fingerprint density at radius 2 is 1.93 bits per heavy atom. The number of benzene rings is 1. The maximum Gasteiger partial charge on any atom is 0.252 e. The summed E-state index contributed by atoms with van der Waals surface area (Å²) in [5, 5.41) is 10.7. The molecule has 0 atom stereocenters. The number of thiophene rings is 1. The minimum atomic E-state index is -0.160. The number of halogens is 1. The molecule has 0 spiro atoms. The molecule has 3 aromatic rings. The number of carbonyl (C=O) groups excluding carboxylic acids is 2. The zero-order valence-electron chi connectivity index (χ0n) is 14.6. The third-order valence-corrected chi connectivity index (χ3v) is 5.72. The van der Waals surface area contributed by atoms with Crippen LogP contribution in [0, 0.1) is 6.92 Å². The summed E-state index contributed by atoms with van der Waals surface area (Å²) in [5.74, 6) is -0.284. The molecule has 2 N–H and O–H groups in total. The van der Waals surface area contributed by atoms with Crippen LogP contribution >= 0.6 is 34.3 Å². The van der Waals surface area contributed by atoms with Gasteiger partial charge in [0.2, 0.25) is 5.91 Å². The predicted octanol–water partition coefficient (Wildman–Crippen LogP) is 4.27. The highest BCUT2D eigenvalue weighted by Crippen LogP contribution is 2.28. The molecular formula is C19H18ClN3O2S2. The lowest BCUT2D eigenvalue weighted by Crippen LogP contribution is -2.30. The van der Waals surface area contributed by atoms with Crippen molar-refractivity contribution in [3.8, 4) is 11.3 Å². The Morgan fingerprint density at radius 1 is 1.15 bits per heavy atom. The Morgan fingerprint density at radius 3 is 2.63 bits per heavy atom. The van der Waals surface area contributed by atoms with Crippen molar-refractivity contribution in [1.82, 2.24) is 15.6 Å². The standard InChI is InChI=1S/C19H18ClN3O2S2/c1-12-18(13-2-4-15(20)5-3-13)23-17(27-12)10-22-16(24)6-8-21-19(25)14-7-9-26-11-14/h2-5,7,9,11H,6,8,10H2,1H3,(H,21,25)(H,22,24). The number of carbonyl (C=O) groups is 2. The van der Waals surface area contributed by atoms with E-state index in [1.807, 2.05) is 36.6 Å². The average molecular weight is 420 g/mol. The van der Waals surface area contributed by atoms with Crippen LogP contribution < -0.4 is 10.6 Å². The number of aromatic nitrogens is 1. The molecule has 0 saturated heterocycles. The number of rotatable bonds is 7. The van der Waals surface area contributed by atoms with E-state index in [0.29, 0.717) is 23.7 Å². The topological polar surface area (TPSA) is 71.1 Å². The van der Waals surface area contributed by atoms with Gasteiger partial charge < -0.3 is 10.6 Å². The molecule has 1 aromatic carbocycles. The number of hydrogen-bond donors (Lipinski definition) is 2. The minimum Gasteiger partial charge on any atom is -0.351 e. The summed E-state index contributed by atoms with van der Waals surface area (Å²) in [6.07, 6.45) is 0.226. The third-order valence-electron chi connectivity index (χ3n) is 3.82. The molecule has 0 aliphatic rings. The van der Waals surface area contributed by atoms with E-state index in [9.17, 15) is 9.59 Å². The monoisotopic (exact) mass is 419 g/mol. The minimum absolute atomic E-state index is 0.124. The van der Waals surface area contributed by atoms with Gasteiger partial charge in [-0.2, -0.15) is 11.3 Å². The predicted molar refractivity (Wildman–Crippen MR) is 110 cm³/mol. The van der Waals surface area contributed by atoms with Crippen LogP contribution in [0.2, 0.25) is 5.02 Å². The Balaban J connectivity index is 1.47. The fourth-order valence-electron chi connectivity index (χ4n) is 2.45. The van der Waals surface area contributed by atoms with Gasteiger partial charge in [-0.1, -0.05) is 23.7 Å². The van der Waals surface area contributed by atoms with E-state index in [4.69, 9.17) is 11.6 Å². The average Bonchev–Trinajstić information content (AvgIpc) is 3.30. The molecule has 5 nitrogen and oxygen atoms in total. The van der Waals surface area contributed by atoms with Crippen molar-refractivity contribution in [3.05, 3.63) is 61.6 Å². The Labute approximate surface area is 170 Å². The van der Waals surface area contributed by atoms with Crippen molar-refractivity contribution < 1.29 is 9.59 Å². The summed E-state index contributed by atoms with van der Waals surface area (Å²) in [7, 11) is 0. The van der Waals surface area contributed by atoms with Crippen LogP contribution in [0.3, 0.4) is 0 Å². The summed E-state index contributed by atoms with van der Waals surface area (Å²) < 4.78 is 0. The highest BCUT2D eigenvalue weighted by molar-refractivity contribution is 7.12. The van der Waals surface area contributed by atoms with Crippen molar-refractivity contribution in [2.45, 2.75) is 19.9 Å². The lowest BCUT2D eigenvalue weighted by Gasteiger charge is -2.05. The van der Waals surface area contributed by atoms with E-state index in [0.717, 1.165) is 21.1 Å². The fraction of sp³-hybridized carbons (Fsp3) is 0.211. The van der Waals surface area contributed by atoms with Gasteiger partial charge in [-0.15, -0.1) is 11.3 Å². The van der Waals surface area contributed by atoms with E-state index < -0.39 is 0 Å². The number of amides is 2. The Kier molecular flexibility index (Phi) is 6.60. The van der Waals surface area contributed by atoms with Gasteiger partial charge in [0.05, 0.1) is 12.2 Å². The van der Waals surface area contributed by atoms with Gasteiger partial charge in [0.25, 0.3) is 5.91 Å². The molecule has 3 rings (SSSR count). The number of hydrogen-bond acceptors (Lipinski definition) is 5. The Hall–Kier alpha value is -2.22. The smallest absolute Gasteiger partial charge is 0.252 e. The number of thiazole rings is 1. The van der Waals surface area contributed by atoms with Crippen LogP contribution in [0.1, 0.15) is 26.7 Å². The van der Waals surface area contributed by atoms with Crippen LogP contribution in [-0.4, -0.2) is 23.3 Å². The van der Waals surface area contributed by atoms with Crippen LogP contribution in [-0.2, 0) is 11.3 Å². The number of aryl methyl sites for hydroxylation is 1. The van der Waals surface area contributed by atoms with Crippen LogP contribution in [0.4, 0.5) is 0 Å².